The second kappa shape index (κ2) is 7.71. The number of anilines is 3. The van der Waals surface area contributed by atoms with Gasteiger partial charge in [0.15, 0.2) is 0 Å². The first-order valence-corrected chi connectivity index (χ1v) is 9.58. The Labute approximate surface area is 155 Å². The Morgan fingerprint density at radius 3 is 2.33 bits per heavy atom. The van der Waals surface area contributed by atoms with Gasteiger partial charge in [0, 0.05) is 16.8 Å². The number of rotatable bonds is 6. The van der Waals surface area contributed by atoms with E-state index in [9.17, 15) is 22.5 Å². The molecule has 2 rings (SSSR count). The quantitative estimate of drug-likeness (QED) is 0.551. The van der Waals surface area contributed by atoms with Crippen LogP contribution in [0.25, 0.3) is 0 Å². The summed E-state index contributed by atoms with van der Waals surface area (Å²) in [5, 5.41) is 20.3. The molecule has 3 unspecified atom stereocenters. The lowest BCUT2D eigenvalue weighted by Crippen LogP contribution is -2.29. The lowest BCUT2D eigenvalue weighted by molar-refractivity contribution is -0.137. The van der Waals surface area contributed by atoms with Gasteiger partial charge < -0.3 is 15.7 Å². The number of alkyl halides is 3. The Bertz CT molecular complexity index is 899. The van der Waals surface area contributed by atoms with Crippen LogP contribution in [-0.2, 0) is 15.9 Å². The van der Waals surface area contributed by atoms with Crippen LogP contribution in [0.4, 0.5) is 30.6 Å². The molecule has 0 fully saturated rings. The number of hydrogen-bond acceptors (Lipinski definition) is 6. The van der Waals surface area contributed by atoms with Gasteiger partial charge in [0.25, 0.3) is 0 Å². The summed E-state index contributed by atoms with van der Waals surface area (Å²) in [4.78, 5) is 7.88. The minimum absolute atomic E-state index is 0.0841. The van der Waals surface area contributed by atoms with Gasteiger partial charge in [0.1, 0.15) is 11.4 Å². The molecule has 0 saturated heterocycles. The van der Waals surface area contributed by atoms with Crippen LogP contribution < -0.4 is 15.8 Å². The SMILES string of the molecule is C=S(N)(=O)c1ccc(Nc2ncc(C(F)(F)F)c(NC(C)C(C)O)n2)cc1. The molecule has 0 amide bonds. The van der Waals surface area contributed by atoms with E-state index in [1.54, 1.807) is 0 Å². The van der Waals surface area contributed by atoms with E-state index in [1.807, 2.05) is 0 Å². The van der Waals surface area contributed by atoms with Gasteiger partial charge in [-0.25, -0.2) is 9.19 Å². The average Bonchev–Trinajstić information content (AvgIpc) is 2.53. The summed E-state index contributed by atoms with van der Waals surface area (Å²) >= 11 is 0. The maximum absolute atomic E-state index is 13.2. The molecule has 0 spiro atoms. The van der Waals surface area contributed by atoms with Crippen molar-refractivity contribution in [3.8, 4) is 0 Å². The molecule has 0 aliphatic rings. The van der Waals surface area contributed by atoms with Crippen molar-refractivity contribution in [2.24, 2.45) is 5.14 Å². The summed E-state index contributed by atoms with van der Waals surface area (Å²) in [5.41, 5.74) is -0.590. The van der Waals surface area contributed by atoms with E-state index in [-0.39, 0.29) is 5.95 Å². The van der Waals surface area contributed by atoms with Crippen molar-refractivity contribution in [3.05, 3.63) is 36.0 Å². The summed E-state index contributed by atoms with van der Waals surface area (Å²) in [6, 6.07) is 5.36. The third kappa shape index (κ3) is 5.55. The van der Waals surface area contributed by atoms with Crippen molar-refractivity contribution in [1.82, 2.24) is 9.97 Å². The third-order valence-corrected chi connectivity index (χ3v) is 4.76. The molecule has 148 valence electrons. The van der Waals surface area contributed by atoms with Gasteiger partial charge >= 0.3 is 6.18 Å². The Balaban J connectivity index is 2.32. The standard InChI is InChI=1S/C16H20F3N5O2S/c1-9(10(2)25)22-14-13(16(17,18)19)8-21-15(24-14)23-11-4-6-12(7-5-11)27(3,20)26/h4-10,25H,3H2,1-2H3,(H2,20,26)(H2,21,22,23,24). The van der Waals surface area contributed by atoms with Crippen molar-refractivity contribution in [2.75, 3.05) is 10.6 Å². The molecule has 3 atom stereocenters. The first-order valence-electron chi connectivity index (χ1n) is 7.79. The number of halogens is 3. The Morgan fingerprint density at radius 1 is 1.26 bits per heavy atom. The van der Waals surface area contributed by atoms with Crippen LogP contribution in [-0.4, -0.2) is 37.3 Å². The molecular weight excluding hydrogens is 383 g/mol. The molecule has 2 aromatic rings. The minimum atomic E-state index is -4.66. The molecule has 7 nitrogen and oxygen atoms in total. The summed E-state index contributed by atoms with van der Waals surface area (Å²) in [5.74, 6) is 2.83. The fourth-order valence-corrected chi connectivity index (χ4v) is 2.59. The average molecular weight is 403 g/mol. The fourth-order valence-electron chi connectivity index (χ4n) is 1.99. The Kier molecular flexibility index (Phi) is 5.97. The van der Waals surface area contributed by atoms with Gasteiger partial charge in [0.05, 0.1) is 21.9 Å². The highest BCUT2D eigenvalue weighted by molar-refractivity contribution is 7.98. The van der Waals surface area contributed by atoms with Gasteiger partial charge in [-0.2, -0.15) is 18.2 Å². The van der Waals surface area contributed by atoms with Crippen LogP contribution in [0.1, 0.15) is 19.4 Å². The topological polar surface area (TPSA) is 113 Å². The predicted octanol–water partition coefficient (Wildman–Crippen LogP) is 2.37. The number of benzene rings is 1. The molecule has 1 aromatic heterocycles. The summed E-state index contributed by atoms with van der Waals surface area (Å²) in [6.45, 7) is 2.98. The van der Waals surface area contributed by atoms with E-state index in [2.05, 4.69) is 26.5 Å². The maximum atomic E-state index is 13.2. The molecule has 27 heavy (non-hydrogen) atoms. The zero-order valence-corrected chi connectivity index (χ0v) is 15.4. The molecule has 0 aliphatic carbocycles. The number of nitrogens with two attached hydrogens (primary N) is 1. The lowest BCUT2D eigenvalue weighted by Gasteiger charge is -2.20. The number of nitrogens with zero attached hydrogens (tertiary/aromatic N) is 2. The molecular formula is C16H20F3N5O2S. The highest BCUT2D eigenvalue weighted by Crippen LogP contribution is 2.34. The van der Waals surface area contributed by atoms with Gasteiger partial charge in [-0.1, -0.05) is 0 Å². The molecule has 11 heteroatoms. The van der Waals surface area contributed by atoms with Crippen molar-refractivity contribution in [2.45, 2.75) is 37.1 Å². The number of hydrogen-bond donors (Lipinski definition) is 4. The molecule has 0 radical (unpaired) electrons. The van der Waals surface area contributed by atoms with Crippen LogP contribution in [0.3, 0.4) is 0 Å². The number of aliphatic hydroxyl groups excluding tert-OH is 1. The zero-order chi connectivity index (χ0) is 20.4. The number of aliphatic hydroxyl groups is 1. The van der Waals surface area contributed by atoms with Crippen molar-refractivity contribution >= 4 is 33.0 Å². The molecule has 0 bridgehead atoms. The second-order valence-corrected chi connectivity index (χ2v) is 7.93. The monoisotopic (exact) mass is 403 g/mol. The maximum Gasteiger partial charge on any atom is 0.421 e. The van der Waals surface area contributed by atoms with E-state index < -0.39 is 39.4 Å². The minimum Gasteiger partial charge on any atom is -0.391 e. The third-order valence-electron chi connectivity index (χ3n) is 3.69. The van der Waals surface area contributed by atoms with E-state index in [1.165, 1.54) is 38.1 Å². The first-order chi connectivity index (χ1) is 12.4. The Hall–Kier alpha value is -2.37. The van der Waals surface area contributed by atoms with Gasteiger partial charge in [-0.15, -0.1) is 0 Å². The summed E-state index contributed by atoms with van der Waals surface area (Å²) in [6.07, 6.45) is -4.89. The van der Waals surface area contributed by atoms with Crippen LogP contribution in [0, 0.1) is 0 Å². The molecule has 0 aliphatic heterocycles. The van der Waals surface area contributed by atoms with Gasteiger partial charge in [-0.05, 0) is 44.0 Å². The van der Waals surface area contributed by atoms with Crippen LogP contribution >= 0.6 is 0 Å². The first kappa shape index (κ1) is 20.9. The largest absolute Gasteiger partial charge is 0.421 e. The molecule has 1 aromatic carbocycles. The van der Waals surface area contributed by atoms with Gasteiger partial charge in [0.2, 0.25) is 5.95 Å². The predicted molar refractivity (Wildman–Crippen MR) is 99.2 cm³/mol. The smallest absolute Gasteiger partial charge is 0.391 e. The van der Waals surface area contributed by atoms with E-state index >= 15 is 0 Å². The normalized spacial score (nSPS) is 16.3. The highest BCUT2D eigenvalue weighted by Gasteiger charge is 2.35. The fraction of sp³-hybridized carbons (Fsp3) is 0.312. The molecule has 5 N–H and O–H groups in total. The van der Waals surface area contributed by atoms with Gasteiger partial charge in [-0.3, -0.25) is 5.14 Å². The Morgan fingerprint density at radius 2 is 1.85 bits per heavy atom. The lowest BCUT2D eigenvalue weighted by atomic mass is 10.2. The summed E-state index contributed by atoms with van der Waals surface area (Å²) in [7, 11) is -2.86. The highest BCUT2D eigenvalue weighted by atomic mass is 32.2. The van der Waals surface area contributed by atoms with Crippen LogP contribution in [0.15, 0.2) is 35.4 Å². The second-order valence-electron chi connectivity index (χ2n) is 6.00. The van der Waals surface area contributed by atoms with Crippen LogP contribution in [0.5, 0.6) is 0 Å². The van der Waals surface area contributed by atoms with E-state index in [0.29, 0.717) is 16.8 Å². The molecule has 0 saturated carbocycles. The zero-order valence-electron chi connectivity index (χ0n) is 14.6. The van der Waals surface area contributed by atoms with Crippen molar-refractivity contribution in [1.29, 1.82) is 0 Å². The van der Waals surface area contributed by atoms with E-state index in [4.69, 9.17) is 5.14 Å². The van der Waals surface area contributed by atoms with Crippen LogP contribution in [0.2, 0.25) is 0 Å². The van der Waals surface area contributed by atoms with Crippen molar-refractivity contribution < 1.29 is 22.5 Å². The summed E-state index contributed by atoms with van der Waals surface area (Å²) < 4.78 is 51.2. The number of aromatic nitrogens is 2. The number of nitrogens with one attached hydrogen (secondary N) is 2. The van der Waals surface area contributed by atoms with Crippen molar-refractivity contribution in [3.63, 3.8) is 0 Å². The van der Waals surface area contributed by atoms with E-state index in [0.717, 1.165) is 0 Å². The molecule has 1 heterocycles.